The van der Waals surface area contributed by atoms with Gasteiger partial charge in [-0.2, -0.15) is 5.10 Å². The van der Waals surface area contributed by atoms with Crippen LogP contribution in [0.2, 0.25) is 0 Å². The summed E-state index contributed by atoms with van der Waals surface area (Å²) in [5.74, 6) is 1.03. The van der Waals surface area contributed by atoms with Gasteiger partial charge in [0.2, 0.25) is 0 Å². The molecule has 2 heterocycles. The van der Waals surface area contributed by atoms with E-state index >= 15 is 0 Å². The molecule has 5 nitrogen and oxygen atoms in total. The first-order valence-corrected chi connectivity index (χ1v) is 5.48. The van der Waals surface area contributed by atoms with E-state index in [1.165, 1.54) is 0 Å². The van der Waals surface area contributed by atoms with E-state index in [4.69, 9.17) is 0 Å². The average Bonchev–Trinajstić information content (AvgIpc) is 2.87. The number of nitrogens with zero attached hydrogens (tertiary/aromatic N) is 3. The summed E-state index contributed by atoms with van der Waals surface area (Å²) in [5.41, 5.74) is 2.09. The van der Waals surface area contributed by atoms with Crippen molar-refractivity contribution in [2.24, 2.45) is 7.05 Å². The second-order valence-corrected chi connectivity index (χ2v) is 3.79. The predicted octanol–water partition coefficient (Wildman–Crippen LogP) is 0.962. The number of aromatic amines is 1. The molecule has 0 spiro atoms. The molecule has 0 aromatic carbocycles. The molecule has 16 heavy (non-hydrogen) atoms. The summed E-state index contributed by atoms with van der Waals surface area (Å²) in [6.07, 6.45) is 5.72. The average molecular weight is 219 g/mol. The van der Waals surface area contributed by atoms with Crippen LogP contribution in [0.3, 0.4) is 0 Å². The highest BCUT2D eigenvalue weighted by molar-refractivity contribution is 5.52. The second-order valence-electron chi connectivity index (χ2n) is 3.79. The molecule has 0 unspecified atom stereocenters. The van der Waals surface area contributed by atoms with Crippen molar-refractivity contribution < 1.29 is 0 Å². The molecule has 0 aliphatic rings. The molecular weight excluding hydrogens is 202 g/mol. The molecule has 2 aromatic heterocycles. The third-order valence-corrected chi connectivity index (χ3v) is 2.57. The molecule has 0 amide bonds. The fourth-order valence-electron chi connectivity index (χ4n) is 1.69. The summed E-state index contributed by atoms with van der Waals surface area (Å²) in [4.78, 5) is 7.68. The summed E-state index contributed by atoms with van der Waals surface area (Å²) >= 11 is 0. The first-order chi connectivity index (χ1) is 7.81. The topological polar surface area (TPSA) is 58.5 Å². The minimum atomic E-state index is 0.971. The van der Waals surface area contributed by atoms with Gasteiger partial charge in [0.1, 0.15) is 5.82 Å². The van der Waals surface area contributed by atoms with Crippen LogP contribution in [0.1, 0.15) is 12.2 Å². The highest BCUT2D eigenvalue weighted by Crippen LogP contribution is 2.15. The van der Waals surface area contributed by atoms with E-state index in [1.54, 1.807) is 6.20 Å². The molecule has 2 N–H and O–H groups in total. The van der Waals surface area contributed by atoms with E-state index < -0.39 is 0 Å². The Hall–Kier alpha value is -1.62. The van der Waals surface area contributed by atoms with Gasteiger partial charge in [-0.15, -0.1) is 0 Å². The van der Waals surface area contributed by atoms with Gasteiger partial charge in [0, 0.05) is 19.7 Å². The van der Waals surface area contributed by atoms with Crippen molar-refractivity contribution >= 4 is 0 Å². The molecule has 0 bridgehead atoms. The molecule has 2 aromatic rings. The van der Waals surface area contributed by atoms with Crippen LogP contribution in [0.25, 0.3) is 11.4 Å². The van der Waals surface area contributed by atoms with Crippen molar-refractivity contribution in [2.45, 2.75) is 12.8 Å². The van der Waals surface area contributed by atoms with E-state index in [2.05, 4.69) is 20.4 Å². The van der Waals surface area contributed by atoms with Gasteiger partial charge < -0.3 is 10.3 Å². The molecule has 86 valence electrons. The predicted molar refractivity (Wildman–Crippen MR) is 63.0 cm³/mol. The maximum absolute atomic E-state index is 4.36. The van der Waals surface area contributed by atoms with Crippen LogP contribution in [0.5, 0.6) is 0 Å². The van der Waals surface area contributed by atoms with Crippen molar-refractivity contribution in [3.63, 3.8) is 0 Å². The third-order valence-electron chi connectivity index (χ3n) is 2.57. The van der Waals surface area contributed by atoms with Gasteiger partial charge in [0.15, 0.2) is 0 Å². The van der Waals surface area contributed by atoms with Gasteiger partial charge in [-0.05, 0) is 26.1 Å². The normalized spacial score (nSPS) is 10.9. The number of aryl methyl sites for hydroxylation is 2. The lowest BCUT2D eigenvalue weighted by atomic mass is 10.3. The zero-order chi connectivity index (χ0) is 11.4. The zero-order valence-corrected chi connectivity index (χ0v) is 9.70. The van der Waals surface area contributed by atoms with E-state index in [0.29, 0.717) is 0 Å². The van der Waals surface area contributed by atoms with E-state index in [-0.39, 0.29) is 0 Å². The lowest BCUT2D eigenvalue weighted by Crippen LogP contribution is -2.08. The zero-order valence-electron chi connectivity index (χ0n) is 9.70. The van der Waals surface area contributed by atoms with Crippen molar-refractivity contribution in [3.05, 3.63) is 24.3 Å². The Morgan fingerprint density at radius 1 is 1.50 bits per heavy atom. The number of H-pyrrole nitrogens is 1. The van der Waals surface area contributed by atoms with Gasteiger partial charge in [0.05, 0.1) is 17.6 Å². The second kappa shape index (κ2) is 4.94. The van der Waals surface area contributed by atoms with Crippen LogP contribution >= 0.6 is 0 Å². The van der Waals surface area contributed by atoms with E-state index in [1.807, 2.05) is 31.0 Å². The third kappa shape index (κ3) is 2.30. The standard InChI is InChI=1S/C11H17N5/c1-12-6-3-4-11-13-8-9(15-11)10-5-7-14-16(10)2/h5,7-8,12H,3-4,6H2,1-2H3,(H,13,15). The fourth-order valence-corrected chi connectivity index (χ4v) is 1.69. The van der Waals surface area contributed by atoms with Crippen LogP contribution in [-0.2, 0) is 13.5 Å². The summed E-state index contributed by atoms with van der Waals surface area (Å²) in [6.45, 7) is 1.02. The highest BCUT2D eigenvalue weighted by Gasteiger charge is 2.06. The molecule has 0 aliphatic carbocycles. The molecule has 0 radical (unpaired) electrons. The monoisotopic (exact) mass is 219 g/mol. The van der Waals surface area contributed by atoms with Gasteiger partial charge in [-0.25, -0.2) is 4.98 Å². The van der Waals surface area contributed by atoms with Crippen LogP contribution < -0.4 is 5.32 Å². The Kier molecular flexibility index (Phi) is 3.36. The lowest BCUT2D eigenvalue weighted by molar-refractivity contribution is 0.707. The number of aromatic nitrogens is 4. The van der Waals surface area contributed by atoms with Crippen molar-refractivity contribution in [1.82, 2.24) is 25.1 Å². The number of hydrogen-bond donors (Lipinski definition) is 2. The number of hydrogen-bond acceptors (Lipinski definition) is 3. The van der Waals surface area contributed by atoms with Crippen molar-refractivity contribution in [3.8, 4) is 11.4 Å². The van der Waals surface area contributed by atoms with Gasteiger partial charge in [-0.3, -0.25) is 4.68 Å². The Bertz CT molecular complexity index is 443. The van der Waals surface area contributed by atoms with Crippen LogP contribution in [0.15, 0.2) is 18.5 Å². The number of imidazole rings is 1. The molecule has 0 aliphatic heterocycles. The number of rotatable bonds is 5. The van der Waals surface area contributed by atoms with Gasteiger partial charge >= 0.3 is 0 Å². The van der Waals surface area contributed by atoms with E-state index in [0.717, 1.165) is 36.6 Å². The Morgan fingerprint density at radius 3 is 3.06 bits per heavy atom. The summed E-state index contributed by atoms with van der Waals surface area (Å²) in [5, 5.41) is 7.26. The molecular formula is C11H17N5. The van der Waals surface area contributed by atoms with Crippen LogP contribution in [0.4, 0.5) is 0 Å². The largest absolute Gasteiger partial charge is 0.341 e. The summed E-state index contributed by atoms with van der Waals surface area (Å²) in [7, 11) is 3.89. The highest BCUT2D eigenvalue weighted by atomic mass is 15.3. The molecule has 2 rings (SSSR count). The number of nitrogens with one attached hydrogen (secondary N) is 2. The lowest BCUT2D eigenvalue weighted by Gasteiger charge is -1.98. The van der Waals surface area contributed by atoms with Crippen molar-refractivity contribution in [1.29, 1.82) is 0 Å². The maximum Gasteiger partial charge on any atom is 0.106 e. The van der Waals surface area contributed by atoms with E-state index in [9.17, 15) is 0 Å². The van der Waals surface area contributed by atoms with Crippen molar-refractivity contribution in [2.75, 3.05) is 13.6 Å². The minimum Gasteiger partial charge on any atom is -0.341 e. The summed E-state index contributed by atoms with van der Waals surface area (Å²) < 4.78 is 1.84. The molecule has 0 saturated carbocycles. The maximum atomic E-state index is 4.36. The Morgan fingerprint density at radius 2 is 2.38 bits per heavy atom. The first-order valence-electron chi connectivity index (χ1n) is 5.48. The quantitative estimate of drug-likeness (QED) is 0.736. The first kappa shape index (κ1) is 10.9. The molecule has 0 atom stereocenters. The Labute approximate surface area is 94.9 Å². The van der Waals surface area contributed by atoms with Gasteiger partial charge in [0.25, 0.3) is 0 Å². The molecule has 0 saturated heterocycles. The minimum absolute atomic E-state index is 0.971. The fraction of sp³-hybridized carbons (Fsp3) is 0.455. The van der Waals surface area contributed by atoms with Crippen LogP contribution in [0, 0.1) is 0 Å². The van der Waals surface area contributed by atoms with Gasteiger partial charge in [-0.1, -0.05) is 0 Å². The van der Waals surface area contributed by atoms with Crippen LogP contribution in [-0.4, -0.2) is 33.3 Å². The molecule has 0 fully saturated rings. The Balaban J connectivity index is 2.05. The molecule has 5 heteroatoms. The smallest absolute Gasteiger partial charge is 0.106 e. The summed E-state index contributed by atoms with van der Waals surface area (Å²) in [6, 6.07) is 1.98. The SMILES string of the molecule is CNCCCc1ncc(-c2ccnn2C)[nH]1.